The molecular formula is C11H25N3O3S. The van der Waals surface area contributed by atoms with Crippen molar-refractivity contribution in [1.82, 2.24) is 14.5 Å². The molecule has 0 saturated carbocycles. The molecule has 1 aliphatic rings. The summed E-state index contributed by atoms with van der Waals surface area (Å²) in [6.45, 7) is 7.33. The van der Waals surface area contributed by atoms with Crippen molar-refractivity contribution in [3.05, 3.63) is 0 Å². The summed E-state index contributed by atoms with van der Waals surface area (Å²) in [5.41, 5.74) is 0. The Morgan fingerprint density at radius 2 is 1.89 bits per heavy atom. The van der Waals surface area contributed by atoms with Crippen molar-refractivity contribution in [2.24, 2.45) is 0 Å². The predicted molar refractivity (Wildman–Crippen MR) is 72.2 cm³/mol. The first-order valence-corrected chi connectivity index (χ1v) is 8.22. The predicted octanol–water partition coefficient (Wildman–Crippen LogP) is -0.812. The molecule has 1 saturated heterocycles. The Hall–Kier alpha value is -0.210. The van der Waals surface area contributed by atoms with Crippen LogP contribution in [-0.4, -0.2) is 82.9 Å². The minimum absolute atomic E-state index is 0.310. The molecule has 1 atom stereocenters. The van der Waals surface area contributed by atoms with Crippen LogP contribution in [0.15, 0.2) is 0 Å². The van der Waals surface area contributed by atoms with E-state index in [4.69, 9.17) is 4.74 Å². The standard InChI is InChI=1S/C11H25N3O3S/c1-4-12-11(10-17-2)9-13-5-7-14(8-6-13)18(3,15)16/h11-12H,4-10H2,1-3H3. The molecule has 0 spiro atoms. The zero-order chi connectivity index (χ0) is 13.6. The van der Waals surface area contributed by atoms with E-state index in [0.29, 0.717) is 25.7 Å². The SMILES string of the molecule is CCNC(COC)CN1CCN(S(C)(=O)=O)CC1. The second kappa shape index (κ2) is 7.40. The summed E-state index contributed by atoms with van der Waals surface area (Å²) in [7, 11) is -1.33. The van der Waals surface area contributed by atoms with Gasteiger partial charge in [0.2, 0.25) is 10.0 Å². The lowest BCUT2D eigenvalue weighted by atomic mass is 10.2. The van der Waals surface area contributed by atoms with Crippen molar-refractivity contribution in [1.29, 1.82) is 0 Å². The first-order chi connectivity index (χ1) is 8.47. The van der Waals surface area contributed by atoms with Crippen molar-refractivity contribution in [2.45, 2.75) is 13.0 Å². The smallest absolute Gasteiger partial charge is 0.211 e. The lowest BCUT2D eigenvalue weighted by molar-refractivity contribution is 0.121. The van der Waals surface area contributed by atoms with Crippen molar-refractivity contribution in [3.8, 4) is 0 Å². The monoisotopic (exact) mass is 279 g/mol. The molecule has 1 heterocycles. The number of likely N-dealkylation sites (N-methyl/N-ethyl adjacent to an activating group) is 1. The third-order valence-electron chi connectivity index (χ3n) is 3.14. The molecule has 1 aliphatic heterocycles. The molecule has 7 heteroatoms. The van der Waals surface area contributed by atoms with Gasteiger partial charge >= 0.3 is 0 Å². The number of sulfonamides is 1. The second-order valence-corrected chi connectivity index (χ2v) is 6.66. The lowest BCUT2D eigenvalue weighted by Gasteiger charge is -2.35. The number of nitrogens with one attached hydrogen (secondary N) is 1. The topological polar surface area (TPSA) is 61.9 Å². The number of hydrogen-bond donors (Lipinski definition) is 1. The highest BCUT2D eigenvalue weighted by Gasteiger charge is 2.24. The van der Waals surface area contributed by atoms with Crippen LogP contribution < -0.4 is 5.32 Å². The Morgan fingerprint density at radius 3 is 2.33 bits per heavy atom. The number of rotatable bonds is 7. The Bertz CT molecular complexity index is 320. The first-order valence-electron chi connectivity index (χ1n) is 6.37. The Kier molecular flexibility index (Phi) is 6.51. The number of methoxy groups -OCH3 is 1. The van der Waals surface area contributed by atoms with E-state index in [2.05, 4.69) is 17.1 Å². The summed E-state index contributed by atoms with van der Waals surface area (Å²) in [6.07, 6.45) is 1.27. The van der Waals surface area contributed by atoms with Crippen LogP contribution in [0.3, 0.4) is 0 Å². The van der Waals surface area contributed by atoms with Crippen LogP contribution in [0.25, 0.3) is 0 Å². The molecule has 0 amide bonds. The van der Waals surface area contributed by atoms with Gasteiger partial charge in [-0.05, 0) is 6.54 Å². The van der Waals surface area contributed by atoms with Crippen LogP contribution in [0.4, 0.5) is 0 Å². The molecule has 18 heavy (non-hydrogen) atoms. The Balaban J connectivity index is 2.38. The van der Waals surface area contributed by atoms with Gasteiger partial charge in [-0.15, -0.1) is 0 Å². The average molecular weight is 279 g/mol. The van der Waals surface area contributed by atoms with Gasteiger partial charge in [-0.25, -0.2) is 8.42 Å². The van der Waals surface area contributed by atoms with E-state index < -0.39 is 10.0 Å². The minimum Gasteiger partial charge on any atom is -0.383 e. The van der Waals surface area contributed by atoms with E-state index in [0.717, 1.165) is 26.2 Å². The van der Waals surface area contributed by atoms with Gasteiger partial charge in [-0.1, -0.05) is 6.92 Å². The van der Waals surface area contributed by atoms with Crippen LogP contribution in [0.1, 0.15) is 6.92 Å². The molecular weight excluding hydrogens is 254 g/mol. The van der Waals surface area contributed by atoms with E-state index in [1.54, 1.807) is 11.4 Å². The van der Waals surface area contributed by atoms with E-state index >= 15 is 0 Å². The summed E-state index contributed by atoms with van der Waals surface area (Å²) in [6, 6.07) is 0.310. The van der Waals surface area contributed by atoms with E-state index in [-0.39, 0.29) is 0 Å². The van der Waals surface area contributed by atoms with Gasteiger partial charge in [-0.2, -0.15) is 4.31 Å². The molecule has 0 aromatic carbocycles. The van der Waals surface area contributed by atoms with E-state index in [9.17, 15) is 8.42 Å². The average Bonchev–Trinajstić information content (AvgIpc) is 2.29. The summed E-state index contributed by atoms with van der Waals surface area (Å²) in [5, 5.41) is 3.37. The molecule has 0 bridgehead atoms. The zero-order valence-corrected chi connectivity index (χ0v) is 12.4. The summed E-state index contributed by atoms with van der Waals surface area (Å²) >= 11 is 0. The Labute approximate surface area is 110 Å². The van der Waals surface area contributed by atoms with Gasteiger partial charge in [0, 0.05) is 45.9 Å². The lowest BCUT2D eigenvalue weighted by Crippen LogP contribution is -2.52. The summed E-state index contributed by atoms with van der Waals surface area (Å²) in [5.74, 6) is 0. The summed E-state index contributed by atoms with van der Waals surface area (Å²) < 4.78 is 29.5. The van der Waals surface area contributed by atoms with Crippen LogP contribution in [-0.2, 0) is 14.8 Å². The maximum Gasteiger partial charge on any atom is 0.211 e. The van der Waals surface area contributed by atoms with Crippen molar-refractivity contribution < 1.29 is 13.2 Å². The van der Waals surface area contributed by atoms with Crippen molar-refractivity contribution >= 4 is 10.0 Å². The maximum absolute atomic E-state index is 11.4. The molecule has 108 valence electrons. The normalized spacial score (nSPS) is 21.1. The van der Waals surface area contributed by atoms with Gasteiger partial charge in [0.1, 0.15) is 0 Å². The number of hydrogen-bond acceptors (Lipinski definition) is 5. The van der Waals surface area contributed by atoms with Crippen LogP contribution in [0, 0.1) is 0 Å². The Morgan fingerprint density at radius 1 is 1.28 bits per heavy atom. The number of nitrogens with zero attached hydrogens (tertiary/aromatic N) is 2. The molecule has 6 nitrogen and oxygen atoms in total. The van der Waals surface area contributed by atoms with Crippen LogP contribution in [0.2, 0.25) is 0 Å². The highest BCUT2D eigenvalue weighted by molar-refractivity contribution is 7.88. The van der Waals surface area contributed by atoms with Crippen LogP contribution >= 0.6 is 0 Å². The van der Waals surface area contributed by atoms with E-state index in [1.807, 2.05) is 0 Å². The number of ether oxygens (including phenoxy) is 1. The maximum atomic E-state index is 11.4. The van der Waals surface area contributed by atoms with Crippen molar-refractivity contribution in [2.75, 3.05) is 59.2 Å². The van der Waals surface area contributed by atoms with Gasteiger partial charge in [-0.3, -0.25) is 4.90 Å². The van der Waals surface area contributed by atoms with Gasteiger partial charge in [0.15, 0.2) is 0 Å². The summed E-state index contributed by atoms with van der Waals surface area (Å²) in [4.78, 5) is 2.29. The largest absolute Gasteiger partial charge is 0.383 e. The third kappa shape index (κ3) is 5.19. The molecule has 0 aliphatic carbocycles. The zero-order valence-electron chi connectivity index (χ0n) is 11.6. The minimum atomic E-state index is -3.03. The van der Waals surface area contributed by atoms with Crippen LogP contribution in [0.5, 0.6) is 0 Å². The fourth-order valence-electron chi connectivity index (χ4n) is 2.22. The third-order valence-corrected chi connectivity index (χ3v) is 4.44. The quantitative estimate of drug-likeness (QED) is 0.660. The molecule has 0 aromatic heterocycles. The van der Waals surface area contributed by atoms with Gasteiger partial charge in [0.25, 0.3) is 0 Å². The number of piperazine rings is 1. The van der Waals surface area contributed by atoms with Gasteiger partial charge < -0.3 is 10.1 Å². The second-order valence-electron chi connectivity index (χ2n) is 4.67. The fraction of sp³-hybridized carbons (Fsp3) is 1.00. The molecule has 1 unspecified atom stereocenters. The van der Waals surface area contributed by atoms with Crippen molar-refractivity contribution in [3.63, 3.8) is 0 Å². The molecule has 0 aromatic rings. The highest BCUT2D eigenvalue weighted by atomic mass is 32.2. The molecule has 1 fully saturated rings. The van der Waals surface area contributed by atoms with Gasteiger partial charge in [0.05, 0.1) is 12.9 Å². The molecule has 0 radical (unpaired) electrons. The molecule has 1 rings (SSSR count). The molecule has 1 N–H and O–H groups in total. The fourth-order valence-corrected chi connectivity index (χ4v) is 3.05. The van der Waals surface area contributed by atoms with E-state index in [1.165, 1.54) is 6.26 Å². The first kappa shape index (κ1) is 15.8. The highest BCUT2D eigenvalue weighted by Crippen LogP contribution is 2.06.